The van der Waals surface area contributed by atoms with Crippen molar-refractivity contribution in [3.05, 3.63) is 89.1 Å². The van der Waals surface area contributed by atoms with Crippen LogP contribution in [0.1, 0.15) is 42.1 Å². The van der Waals surface area contributed by atoms with Crippen LogP contribution >= 0.6 is 0 Å². The second-order valence-corrected chi connectivity index (χ2v) is 6.96. The van der Waals surface area contributed by atoms with Crippen LogP contribution in [0.5, 0.6) is 0 Å². The van der Waals surface area contributed by atoms with Crippen LogP contribution in [0.15, 0.2) is 66.7 Å². The lowest BCUT2D eigenvalue weighted by atomic mass is 10.0. The van der Waals surface area contributed by atoms with E-state index in [2.05, 4.69) is 48.5 Å². The monoisotopic (exact) mass is 359 g/mol. The predicted octanol–water partition coefficient (Wildman–Crippen LogP) is 5.02. The van der Waals surface area contributed by atoms with E-state index in [1.165, 1.54) is 17.2 Å². The quantitative estimate of drug-likeness (QED) is 0.629. The van der Waals surface area contributed by atoms with Crippen LogP contribution in [0.2, 0.25) is 0 Å². The molecule has 0 bridgehead atoms. The Hall–Kier alpha value is -3.14. The van der Waals surface area contributed by atoms with Crippen LogP contribution < -0.4 is 5.32 Å². The van der Waals surface area contributed by atoms with E-state index >= 15 is 0 Å². The van der Waals surface area contributed by atoms with Crippen LogP contribution in [-0.2, 0) is 11.3 Å². The zero-order chi connectivity index (χ0) is 19.2. The largest absolute Gasteiger partial charge is 0.306 e. The van der Waals surface area contributed by atoms with Gasteiger partial charge in [0.2, 0.25) is 5.91 Å². The van der Waals surface area contributed by atoms with E-state index in [1.54, 1.807) is 0 Å². The number of hydrogen-bond acceptors (Lipinski definition) is 2. The van der Waals surface area contributed by atoms with Crippen molar-refractivity contribution in [1.29, 1.82) is 0 Å². The van der Waals surface area contributed by atoms with Crippen molar-refractivity contribution in [1.82, 2.24) is 9.78 Å². The number of nitrogens with zero attached hydrogens (tertiary/aromatic N) is 2. The SMILES string of the molecule is Cc1cc(NC(=O)/C=C/c2ccc(C(C)C)cc2)nn1Cc1ccccc1. The molecule has 1 amide bonds. The minimum Gasteiger partial charge on any atom is -0.306 e. The zero-order valence-corrected chi connectivity index (χ0v) is 16.0. The fraction of sp³-hybridized carbons (Fsp3) is 0.217. The van der Waals surface area contributed by atoms with Gasteiger partial charge in [-0.2, -0.15) is 5.10 Å². The van der Waals surface area contributed by atoms with Gasteiger partial charge in [-0.25, -0.2) is 0 Å². The third kappa shape index (κ3) is 5.17. The molecule has 1 heterocycles. The van der Waals surface area contributed by atoms with E-state index in [0.29, 0.717) is 18.3 Å². The van der Waals surface area contributed by atoms with Gasteiger partial charge in [0.25, 0.3) is 0 Å². The van der Waals surface area contributed by atoms with E-state index in [-0.39, 0.29) is 5.91 Å². The molecular formula is C23H25N3O. The van der Waals surface area contributed by atoms with Crippen LogP contribution in [0.3, 0.4) is 0 Å². The highest BCUT2D eigenvalue weighted by Crippen LogP contribution is 2.15. The molecule has 1 N–H and O–H groups in total. The number of hydrogen-bond donors (Lipinski definition) is 1. The standard InChI is InChI=1S/C23H25N3O/c1-17(2)21-12-9-19(10-13-21)11-14-23(27)24-22-15-18(3)26(25-22)16-20-7-5-4-6-8-20/h4-15,17H,16H2,1-3H3,(H,24,25,27)/b14-11+. The maximum atomic E-state index is 12.2. The number of aromatic nitrogens is 2. The molecule has 0 aliphatic carbocycles. The van der Waals surface area contributed by atoms with Gasteiger partial charge >= 0.3 is 0 Å². The molecule has 1 aromatic heterocycles. The minimum atomic E-state index is -0.188. The highest BCUT2D eigenvalue weighted by Gasteiger charge is 2.07. The van der Waals surface area contributed by atoms with Crippen molar-refractivity contribution >= 4 is 17.8 Å². The zero-order valence-electron chi connectivity index (χ0n) is 16.0. The van der Waals surface area contributed by atoms with Gasteiger partial charge in [0.15, 0.2) is 5.82 Å². The molecule has 0 radical (unpaired) electrons. The first-order valence-corrected chi connectivity index (χ1v) is 9.18. The topological polar surface area (TPSA) is 46.9 Å². The first kappa shape index (κ1) is 18.6. The Morgan fingerprint density at radius 3 is 2.48 bits per heavy atom. The van der Waals surface area contributed by atoms with Gasteiger partial charge in [-0.15, -0.1) is 0 Å². The van der Waals surface area contributed by atoms with Crippen LogP contribution in [-0.4, -0.2) is 15.7 Å². The molecule has 27 heavy (non-hydrogen) atoms. The van der Waals surface area contributed by atoms with E-state index in [0.717, 1.165) is 11.3 Å². The van der Waals surface area contributed by atoms with Crippen molar-refractivity contribution in [2.24, 2.45) is 0 Å². The number of aryl methyl sites for hydroxylation is 1. The average Bonchev–Trinajstić information content (AvgIpc) is 3.00. The molecule has 0 aliphatic heterocycles. The Morgan fingerprint density at radius 2 is 1.81 bits per heavy atom. The summed E-state index contributed by atoms with van der Waals surface area (Å²) in [6.45, 7) is 6.99. The van der Waals surface area contributed by atoms with Crippen molar-refractivity contribution < 1.29 is 4.79 Å². The van der Waals surface area contributed by atoms with E-state index < -0.39 is 0 Å². The second-order valence-electron chi connectivity index (χ2n) is 6.96. The molecule has 0 spiro atoms. The molecule has 2 aromatic carbocycles. The highest BCUT2D eigenvalue weighted by molar-refractivity contribution is 6.01. The number of benzene rings is 2. The lowest BCUT2D eigenvalue weighted by Gasteiger charge is -2.04. The number of carbonyl (C=O) groups excluding carboxylic acids is 1. The molecule has 4 nitrogen and oxygen atoms in total. The first-order chi connectivity index (χ1) is 13.0. The maximum absolute atomic E-state index is 12.2. The lowest BCUT2D eigenvalue weighted by molar-refractivity contribution is -0.111. The molecular weight excluding hydrogens is 334 g/mol. The Balaban J connectivity index is 1.61. The fourth-order valence-corrected chi connectivity index (χ4v) is 2.82. The minimum absolute atomic E-state index is 0.188. The summed E-state index contributed by atoms with van der Waals surface area (Å²) in [5, 5.41) is 7.31. The molecule has 0 saturated heterocycles. The summed E-state index contributed by atoms with van der Waals surface area (Å²) in [6.07, 6.45) is 3.35. The number of anilines is 1. The molecule has 0 unspecified atom stereocenters. The summed E-state index contributed by atoms with van der Waals surface area (Å²) in [4.78, 5) is 12.2. The van der Waals surface area contributed by atoms with Crippen LogP contribution in [0.4, 0.5) is 5.82 Å². The molecule has 3 aromatic rings. The molecule has 0 aliphatic rings. The van der Waals surface area contributed by atoms with Crippen molar-refractivity contribution in [3.63, 3.8) is 0 Å². The molecule has 0 fully saturated rings. The van der Waals surface area contributed by atoms with Crippen molar-refractivity contribution in [2.45, 2.75) is 33.2 Å². The van der Waals surface area contributed by atoms with Gasteiger partial charge in [-0.3, -0.25) is 9.48 Å². The van der Waals surface area contributed by atoms with Gasteiger partial charge in [0.05, 0.1) is 6.54 Å². The first-order valence-electron chi connectivity index (χ1n) is 9.18. The summed E-state index contributed by atoms with van der Waals surface area (Å²) in [5.74, 6) is 0.876. The number of rotatable bonds is 6. The molecule has 3 rings (SSSR count). The molecule has 0 saturated carbocycles. The van der Waals surface area contributed by atoms with Crippen molar-refractivity contribution in [2.75, 3.05) is 5.32 Å². The summed E-state index contributed by atoms with van der Waals surface area (Å²) in [5.41, 5.74) is 4.46. The van der Waals surface area contributed by atoms with Gasteiger partial charge < -0.3 is 5.32 Å². The van der Waals surface area contributed by atoms with Crippen LogP contribution in [0.25, 0.3) is 6.08 Å². The highest BCUT2D eigenvalue weighted by atomic mass is 16.1. The Labute approximate surface area is 160 Å². The summed E-state index contributed by atoms with van der Waals surface area (Å²) < 4.78 is 1.89. The Kier molecular flexibility index (Phi) is 5.87. The summed E-state index contributed by atoms with van der Waals surface area (Å²) in [6, 6.07) is 20.3. The maximum Gasteiger partial charge on any atom is 0.249 e. The van der Waals surface area contributed by atoms with E-state index in [1.807, 2.05) is 54.1 Å². The smallest absolute Gasteiger partial charge is 0.249 e. The van der Waals surface area contributed by atoms with Gasteiger partial charge in [-0.1, -0.05) is 68.4 Å². The second kappa shape index (κ2) is 8.49. The van der Waals surface area contributed by atoms with Crippen LogP contribution in [0, 0.1) is 6.92 Å². The molecule has 4 heteroatoms. The third-order valence-electron chi connectivity index (χ3n) is 4.44. The Morgan fingerprint density at radius 1 is 1.11 bits per heavy atom. The summed E-state index contributed by atoms with van der Waals surface area (Å²) >= 11 is 0. The van der Waals surface area contributed by atoms with Gasteiger partial charge in [0.1, 0.15) is 0 Å². The number of amides is 1. The van der Waals surface area contributed by atoms with E-state index in [9.17, 15) is 4.79 Å². The Bertz CT molecular complexity index is 922. The number of carbonyl (C=O) groups is 1. The van der Waals surface area contributed by atoms with Crippen molar-refractivity contribution in [3.8, 4) is 0 Å². The number of nitrogens with one attached hydrogen (secondary N) is 1. The fourth-order valence-electron chi connectivity index (χ4n) is 2.82. The van der Waals surface area contributed by atoms with Gasteiger partial charge in [0, 0.05) is 17.8 Å². The lowest BCUT2D eigenvalue weighted by Crippen LogP contribution is -2.09. The predicted molar refractivity (Wildman–Crippen MR) is 111 cm³/mol. The molecule has 0 atom stereocenters. The van der Waals surface area contributed by atoms with Gasteiger partial charge in [-0.05, 0) is 35.6 Å². The third-order valence-corrected chi connectivity index (χ3v) is 4.44. The van der Waals surface area contributed by atoms with E-state index in [4.69, 9.17) is 0 Å². The molecule has 138 valence electrons. The summed E-state index contributed by atoms with van der Waals surface area (Å²) in [7, 11) is 0. The normalized spacial score (nSPS) is 11.3. The average molecular weight is 359 g/mol.